The van der Waals surface area contributed by atoms with Crippen LogP contribution in [0.25, 0.3) is 76.8 Å². The average Bonchev–Trinajstić information content (AvgIpc) is 3.51. The summed E-state index contributed by atoms with van der Waals surface area (Å²) in [7, 11) is 0. The Labute approximate surface area is 284 Å². The third-order valence-electron chi connectivity index (χ3n) is 9.08. The van der Waals surface area contributed by atoms with Gasteiger partial charge in [0.25, 0.3) is 0 Å². The highest BCUT2D eigenvalue weighted by Gasteiger charge is 2.18. The summed E-state index contributed by atoms with van der Waals surface area (Å²) >= 11 is 0. The monoisotopic (exact) mass is 622 g/mol. The number of hydrogen-bond donors (Lipinski definition) is 0. The normalized spacial score (nSPS) is 10.8. The van der Waals surface area contributed by atoms with Crippen LogP contribution in [0.3, 0.4) is 0 Å². The number of para-hydroxylation sites is 1. The highest BCUT2D eigenvalue weighted by atomic mass is 15.0. The van der Waals surface area contributed by atoms with Crippen LogP contribution in [0.4, 0.5) is 5.69 Å². The summed E-state index contributed by atoms with van der Waals surface area (Å²) in [6.07, 6.45) is 0. The van der Waals surface area contributed by atoms with Crippen LogP contribution in [0.5, 0.6) is 0 Å². The average molecular weight is 623 g/mol. The van der Waals surface area contributed by atoms with Crippen LogP contribution in [0.1, 0.15) is 11.1 Å². The molecule has 8 rings (SSSR count). The van der Waals surface area contributed by atoms with Crippen molar-refractivity contribution in [3.05, 3.63) is 180 Å². The molecule has 0 fully saturated rings. The maximum Gasteiger partial charge on any atom is 0.188 e. The highest BCUT2D eigenvalue weighted by molar-refractivity contribution is 6.11. The van der Waals surface area contributed by atoms with Crippen molar-refractivity contribution in [3.8, 4) is 62.3 Å². The maximum atomic E-state index is 10.4. The van der Waals surface area contributed by atoms with Gasteiger partial charge in [-0.15, -0.1) is 0 Å². The Morgan fingerprint density at radius 3 is 1.69 bits per heavy atom. The van der Waals surface area contributed by atoms with E-state index in [0.29, 0.717) is 16.8 Å². The van der Waals surface area contributed by atoms with E-state index in [0.717, 1.165) is 72.0 Å². The molecule has 0 radical (unpaired) electrons. The van der Waals surface area contributed by atoms with Crippen molar-refractivity contribution in [1.29, 1.82) is 10.5 Å². The van der Waals surface area contributed by atoms with Gasteiger partial charge in [0.15, 0.2) is 5.69 Å². The number of aromatic nitrogens is 1. The van der Waals surface area contributed by atoms with Crippen molar-refractivity contribution in [3.63, 3.8) is 0 Å². The molecule has 0 unspecified atom stereocenters. The van der Waals surface area contributed by atoms with Gasteiger partial charge in [-0.05, 0) is 99.1 Å². The van der Waals surface area contributed by atoms with Crippen LogP contribution in [-0.4, -0.2) is 4.57 Å². The summed E-state index contributed by atoms with van der Waals surface area (Å²) in [5.74, 6) is 0. The van der Waals surface area contributed by atoms with Gasteiger partial charge >= 0.3 is 0 Å². The van der Waals surface area contributed by atoms with Crippen molar-refractivity contribution < 1.29 is 0 Å². The van der Waals surface area contributed by atoms with Gasteiger partial charge in [0.2, 0.25) is 0 Å². The lowest BCUT2D eigenvalue weighted by atomic mass is 9.93. The molecule has 0 spiro atoms. The van der Waals surface area contributed by atoms with Gasteiger partial charge in [0, 0.05) is 16.3 Å². The van der Waals surface area contributed by atoms with Crippen molar-refractivity contribution in [1.82, 2.24) is 4.57 Å². The van der Waals surface area contributed by atoms with Crippen molar-refractivity contribution in [2.24, 2.45) is 0 Å². The predicted octanol–water partition coefficient (Wildman–Crippen LogP) is 11.7. The topological polar surface area (TPSA) is 56.9 Å². The zero-order valence-corrected chi connectivity index (χ0v) is 26.3. The minimum Gasteiger partial charge on any atom is -0.308 e. The first-order chi connectivity index (χ1) is 24.1. The molecule has 0 aliphatic heterocycles. The third-order valence-corrected chi connectivity index (χ3v) is 9.08. The fourth-order valence-electron chi connectivity index (χ4n) is 6.73. The summed E-state index contributed by atoms with van der Waals surface area (Å²) in [6, 6.07) is 57.9. The van der Waals surface area contributed by atoms with Crippen molar-refractivity contribution in [2.45, 2.75) is 0 Å². The smallest absolute Gasteiger partial charge is 0.188 e. The summed E-state index contributed by atoms with van der Waals surface area (Å²) in [4.78, 5) is 3.50. The lowest BCUT2D eigenvalue weighted by molar-refractivity contribution is 1.17. The van der Waals surface area contributed by atoms with Gasteiger partial charge in [-0.2, -0.15) is 10.5 Å². The maximum absolute atomic E-state index is 10.4. The van der Waals surface area contributed by atoms with Crippen LogP contribution in [0.15, 0.2) is 158 Å². The molecule has 0 bridgehead atoms. The molecular formula is C45H26N4. The second-order valence-corrected chi connectivity index (χ2v) is 11.9. The summed E-state index contributed by atoms with van der Waals surface area (Å²) < 4.78 is 2.17. The van der Waals surface area contributed by atoms with E-state index in [2.05, 4.69) is 119 Å². The predicted molar refractivity (Wildman–Crippen MR) is 198 cm³/mol. The molecule has 0 N–H and O–H groups in total. The Morgan fingerprint density at radius 2 is 1.04 bits per heavy atom. The number of rotatable bonds is 5. The quantitative estimate of drug-likeness (QED) is 0.179. The molecule has 7 aromatic carbocycles. The van der Waals surface area contributed by atoms with E-state index < -0.39 is 0 Å². The van der Waals surface area contributed by atoms with Gasteiger partial charge in [-0.1, -0.05) is 103 Å². The SMILES string of the molecule is [C-]#[N+]c1ccc(-c2ccc3c(c2)c2ccccc2n3-c2cc(-c3cc(-c4ccccc4)cc(-c4ccccc4)c3)ccc2C#N)c(C#N)c1. The molecule has 226 valence electrons. The Morgan fingerprint density at radius 1 is 0.449 bits per heavy atom. The summed E-state index contributed by atoms with van der Waals surface area (Å²) in [5, 5.41) is 22.3. The van der Waals surface area contributed by atoms with Crippen LogP contribution in [0.2, 0.25) is 0 Å². The minimum atomic E-state index is 0.437. The Hall–Kier alpha value is -7.19. The molecule has 4 heteroatoms. The Bertz CT molecular complexity index is 2620. The second-order valence-electron chi connectivity index (χ2n) is 11.9. The van der Waals surface area contributed by atoms with Crippen LogP contribution in [-0.2, 0) is 0 Å². The van der Waals surface area contributed by atoms with Gasteiger partial charge in [0.1, 0.15) is 6.07 Å². The van der Waals surface area contributed by atoms with Gasteiger partial charge in [-0.3, -0.25) is 0 Å². The molecule has 4 nitrogen and oxygen atoms in total. The molecular weight excluding hydrogens is 597 g/mol. The van der Waals surface area contributed by atoms with Crippen LogP contribution in [0, 0.1) is 29.2 Å². The standard InChI is InChI=1S/C45H26N4/c1-48-39-19-20-40(38(25-39)29-47)33-18-21-44-42(26-33)41-14-8-9-15-43(41)49(44)45-27-32(16-17-34(45)28-46)37-23-35(30-10-4-2-5-11-30)22-36(24-37)31-12-6-3-7-13-31/h2-27H. The highest BCUT2D eigenvalue weighted by Crippen LogP contribution is 2.39. The fraction of sp³-hybridized carbons (Fsp3) is 0. The molecule has 1 aromatic heterocycles. The second kappa shape index (κ2) is 12.2. The first kappa shape index (κ1) is 29.2. The molecule has 0 atom stereocenters. The Balaban J connectivity index is 1.34. The number of benzene rings is 7. The zero-order chi connectivity index (χ0) is 33.3. The number of nitriles is 2. The van der Waals surface area contributed by atoms with Crippen molar-refractivity contribution >= 4 is 27.5 Å². The molecule has 0 saturated heterocycles. The summed E-state index contributed by atoms with van der Waals surface area (Å²) in [6.45, 7) is 7.37. The van der Waals surface area contributed by atoms with E-state index in [9.17, 15) is 10.5 Å². The number of fused-ring (bicyclic) bond motifs is 3. The van der Waals surface area contributed by atoms with Gasteiger partial charge in [0.05, 0.1) is 34.9 Å². The van der Waals surface area contributed by atoms with E-state index >= 15 is 0 Å². The van der Waals surface area contributed by atoms with E-state index in [1.165, 1.54) is 0 Å². The van der Waals surface area contributed by atoms with E-state index in [-0.39, 0.29) is 0 Å². The molecule has 0 aliphatic carbocycles. The largest absolute Gasteiger partial charge is 0.308 e. The first-order valence-electron chi connectivity index (χ1n) is 15.9. The van der Waals surface area contributed by atoms with E-state index in [4.69, 9.17) is 6.57 Å². The van der Waals surface area contributed by atoms with Crippen LogP contribution < -0.4 is 0 Å². The molecule has 49 heavy (non-hydrogen) atoms. The minimum absolute atomic E-state index is 0.437. The lowest BCUT2D eigenvalue weighted by Crippen LogP contribution is -1.98. The Kier molecular flexibility index (Phi) is 7.28. The van der Waals surface area contributed by atoms with Crippen LogP contribution >= 0.6 is 0 Å². The molecule has 0 amide bonds. The molecule has 8 aromatic rings. The molecule has 0 saturated carbocycles. The van der Waals surface area contributed by atoms with E-state index in [1.54, 1.807) is 12.1 Å². The molecule has 0 aliphatic rings. The van der Waals surface area contributed by atoms with Gasteiger partial charge in [-0.25, -0.2) is 4.85 Å². The lowest BCUT2D eigenvalue weighted by Gasteiger charge is -2.15. The summed E-state index contributed by atoms with van der Waals surface area (Å²) in [5.41, 5.74) is 12.4. The van der Waals surface area contributed by atoms with Gasteiger partial charge < -0.3 is 4.57 Å². The molecule has 1 heterocycles. The number of nitrogens with zero attached hydrogens (tertiary/aromatic N) is 4. The zero-order valence-electron chi connectivity index (χ0n) is 26.3. The first-order valence-corrected chi connectivity index (χ1v) is 15.9. The third kappa shape index (κ3) is 5.19. The fourth-order valence-corrected chi connectivity index (χ4v) is 6.73. The number of hydrogen-bond acceptors (Lipinski definition) is 2. The van der Waals surface area contributed by atoms with Crippen molar-refractivity contribution in [2.75, 3.05) is 0 Å². The van der Waals surface area contributed by atoms with E-state index in [1.807, 2.05) is 48.5 Å².